The molecule has 0 spiro atoms. The van der Waals surface area contributed by atoms with E-state index in [1.807, 2.05) is 0 Å². The van der Waals surface area contributed by atoms with Gasteiger partial charge in [-0.2, -0.15) is 5.10 Å². The number of benzene rings is 1. The van der Waals surface area contributed by atoms with E-state index >= 15 is 0 Å². The second-order valence-electron chi connectivity index (χ2n) is 4.77. The van der Waals surface area contributed by atoms with Crippen LogP contribution in [0.5, 0.6) is 0 Å². The summed E-state index contributed by atoms with van der Waals surface area (Å²) >= 11 is 6.05. The molecule has 0 aliphatic carbocycles. The van der Waals surface area contributed by atoms with Crippen LogP contribution in [0.4, 0.5) is 0 Å². The molecule has 1 aromatic heterocycles. The molecule has 0 saturated carbocycles. The predicted molar refractivity (Wildman–Crippen MR) is 74.9 cm³/mol. The Hall–Kier alpha value is -1.59. The fourth-order valence-corrected chi connectivity index (χ4v) is 2.66. The Labute approximate surface area is 121 Å². The number of hydrogen-bond donors (Lipinski definition) is 0. The summed E-state index contributed by atoms with van der Waals surface area (Å²) in [5.74, 6) is -0.452. The molecule has 0 radical (unpaired) electrons. The Morgan fingerprint density at radius 2 is 2.35 bits per heavy atom. The lowest BCUT2D eigenvalue weighted by Crippen LogP contribution is -2.19. The topological polar surface area (TPSA) is 53.3 Å². The molecule has 1 aliphatic heterocycles. The van der Waals surface area contributed by atoms with E-state index in [-0.39, 0.29) is 6.23 Å². The fourth-order valence-electron chi connectivity index (χ4n) is 2.49. The Balaban J connectivity index is 2.15. The first-order valence-corrected chi connectivity index (χ1v) is 6.96. The van der Waals surface area contributed by atoms with Crippen LogP contribution in [-0.4, -0.2) is 29.5 Å². The van der Waals surface area contributed by atoms with E-state index in [1.54, 1.807) is 22.9 Å². The monoisotopic (exact) mass is 294 g/mol. The summed E-state index contributed by atoms with van der Waals surface area (Å²) in [6.45, 7) is 0.708. The van der Waals surface area contributed by atoms with E-state index in [2.05, 4.69) is 5.10 Å². The Kier molecular flexibility index (Phi) is 3.63. The average Bonchev–Trinajstić information content (AvgIpc) is 2.86. The number of carbonyl (C=O) groups is 1. The Bertz CT molecular complexity index is 647. The van der Waals surface area contributed by atoms with Crippen molar-refractivity contribution in [1.29, 1.82) is 0 Å². The highest BCUT2D eigenvalue weighted by molar-refractivity contribution is 6.31. The Morgan fingerprint density at radius 3 is 3.05 bits per heavy atom. The highest BCUT2D eigenvalue weighted by Crippen LogP contribution is 2.29. The second kappa shape index (κ2) is 5.42. The molecule has 0 amide bonds. The summed E-state index contributed by atoms with van der Waals surface area (Å²) in [7, 11) is 1.35. The first kappa shape index (κ1) is 13.4. The van der Waals surface area contributed by atoms with E-state index in [1.165, 1.54) is 7.11 Å². The van der Waals surface area contributed by atoms with Crippen molar-refractivity contribution in [3.8, 4) is 0 Å². The van der Waals surface area contributed by atoms with Gasteiger partial charge in [-0.3, -0.25) is 0 Å². The van der Waals surface area contributed by atoms with Crippen LogP contribution in [0.1, 0.15) is 36.0 Å². The molecule has 1 unspecified atom stereocenters. The largest absolute Gasteiger partial charge is 0.464 e. The van der Waals surface area contributed by atoms with Crippen molar-refractivity contribution >= 4 is 28.5 Å². The van der Waals surface area contributed by atoms with Gasteiger partial charge in [-0.05, 0) is 37.5 Å². The Morgan fingerprint density at radius 1 is 1.50 bits per heavy atom. The van der Waals surface area contributed by atoms with Crippen molar-refractivity contribution in [3.05, 3.63) is 28.9 Å². The molecule has 1 atom stereocenters. The van der Waals surface area contributed by atoms with Crippen LogP contribution in [0.3, 0.4) is 0 Å². The van der Waals surface area contributed by atoms with Crippen LogP contribution in [0.15, 0.2) is 18.2 Å². The number of esters is 1. The van der Waals surface area contributed by atoms with Crippen LogP contribution in [0.25, 0.3) is 10.9 Å². The first-order chi connectivity index (χ1) is 9.70. The molecule has 0 N–H and O–H groups in total. The normalized spacial score (nSPS) is 19.2. The summed E-state index contributed by atoms with van der Waals surface area (Å²) in [6.07, 6.45) is 2.87. The van der Waals surface area contributed by atoms with E-state index in [0.717, 1.165) is 30.2 Å². The minimum absolute atomic E-state index is 0.150. The lowest BCUT2D eigenvalue weighted by molar-refractivity contribution is -0.0369. The van der Waals surface area contributed by atoms with Gasteiger partial charge in [0.15, 0.2) is 11.9 Å². The maximum absolute atomic E-state index is 11.8. The summed E-state index contributed by atoms with van der Waals surface area (Å²) in [4.78, 5) is 11.8. The van der Waals surface area contributed by atoms with Crippen LogP contribution in [0.2, 0.25) is 5.02 Å². The summed E-state index contributed by atoms with van der Waals surface area (Å²) in [6, 6.07) is 5.33. The van der Waals surface area contributed by atoms with Crippen LogP contribution in [-0.2, 0) is 9.47 Å². The predicted octanol–water partition coefficient (Wildman–Crippen LogP) is 3.18. The zero-order chi connectivity index (χ0) is 14.1. The minimum Gasteiger partial charge on any atom is -0.464 e. The van der Waals surface area contributed by atoms with E-state index in [4.69, 9.17) is 21.1 Å². The number of rotatable bonds is 2. The molecule has 2 aromatic rings. The summed E-state index contributed by atoms with van der Waals surface area (Å²) in [5, 5.41) is 5.72. The van der Waals surface area contributed by atoms with Crippen molar-refractivity contribution in [3.63, 3.8) is 0 Å². The average molecular weight is 295 g/mol. The third kappa shape index (κ3) is 2.27. The van der Waals surface area contributed by atoms with Gasteiger partial charge in [0.05, 0.1) is 12.6 Å². The molecular formula is C14H15ClN2O3. The molecule has 6 heteroatoms. The number of methoxy groups -OCH3 is 1. The van der Waals surface area contributed by atoms with Gasteiger partial charge in [0, 0.05) is 17.0 Å². The fraction of sp³-hybridized carbons (Fsp3) is 0.429. The SMILES string of the molecule is COC(=O)c1nn(C2CCCCO2)c2cc(Cl)ccc12. The lowest BCUT2D eigenvalue weighted by Gasteiger charge is -2.23. The summed E-state index contributed by atoms with van der Waals surface area (Å²) < 4.78 is 12.3. The van der Waals surface area contributed by atoms with Gasteiger partial charge in [0.1, 0.15) is 0 Å². The van der Waals surface area contributed by atoms with Gasteiger partial charge >= 0.3 is 5.97 Å². The van der Waals surface area contributed by atoms with Crippen LogP contribution in [0, 0.1) is 0 Å². The smallest absolute Gasteiger partial charge is 0.359 e. The zero-order valence-electron chi connectivity index (χ0n) is 11.1. The third-order valence-electron chi connectivity index (χ3n) is 3.48. The van der Waals surface area contributed by atoms with E-state index < -0.39 is 5.97 Å². The number of halogens is 1. The number of carbonyl (C=O) groups excluding carboxylic acids is 1. The van der Waals surface area contributed by atoms with E-state index in [0.29, 0.717) is 17.3 Å². The highest BCUT2D eigenvalue weighted by Gasteiger charge is 2.24. The van der Waals surface area contributed by atoms with Gasteiger partial charge in [0.2, 0.25) is 0 Å². The molecule has 3 rings (SSSR count). The first-order valence-electron chi connectivity index (χ1n) is 6.58. The highest BCUT2D eigenvalue weighted by atomic mass is 35.5. The molecule has 2 heterocycles. The van der Waals surface area contributed by atoms with Crippen molar-refractivity contribution in [2.75, 3.05) is 13.7 Å². The van der Waals surface area contributed by atoms with Crippen molar-refractivity contribution in [2.45, 2.75) is 25.5 Å². The molecule has 20 heavy (non-hydrogen) atoms. The van der Waals surface area contributed by atoms with Gasteiger partial charge in [-0.15, -0.1) is 0 Å². The molecule has 1 aliphatic rings. The number of aromatic nitrogens is 2. The molecular weight excluding hydrogens is 280 g/mol. The van der Waals surface area contributed by atoms with Gasteiger partial charge in [-0.25, -0.2) is 9.48 Å². The molecule has 1 aromatic carbocycles. The van der Waals surface area contributed by atoms with Crippen molar-refractivity contribution < 1.29 is 14.3 Å². The molecule has 106 valence electrons. The quantitative estimate of drug-likeness (QED) is 0.798. The number of hydrogen-bond acceptors (Lipinski definition) is 4. The minimum atomic E-state index is -0.452. The van der Waals surface area contributed by atoms with Crippen LogP contribution >= 0.6 is 11.6 Å². The number of nitrogens with zero attached hydrogens (tertiary/aromatic N) is 2. The number of ether oxygens (including phenoxy) is 2. The molecule has 0 bridgehead atoms. The van der Waals surface area contributed by atoms with Crippen molar-refractivity contribution in [1.82, 2.24) is 9.78 Å². The van der Waals surface area contributed by atoms with Gasteiger partial charge < -0.3 is 9.47 Å². The summed E-state index contributed by atoms with van der Waals surface area (Å²) in [5.41, 5.74) is 1.10. The van der Waals surface area contributed by atoms with Crippen molar-refractivity contribution in [2.24, 2.45) is 0 Å². The third-order valence-corrected chi connectivity index (χ3v) is 3.71. The maximum atomic E-state index is 11.8. The zero-order valence-corrected chi connectivity index (χ0v) is 11.9. The maximum Gasteiger partial charge on any atom is 0.359 e. The van der Waals surface area contributed by atoms with E-state index in [9.17, 15) is 4.79 Å². The number of fused-ring (bicyclic) bond motifs is 1. The van der Waals surface area contributed by atoms with Gasteiger partial charge in [0.25, 0.3) is 0 Å². The molecule has 1 fully saturated rings. The van der Waals surface area contributed by atoms with Crippen LogP contribution < -0.4 is 0 Å². The molecule has 1 saturated heterocycles. The van der Waals surface area contributed by atoms with Gasteiger partial charge in [-0.1, -0.05) is 11.6 Å². The standard InChI is InChI=1S/C14H15ClN2O3/c1-19-14(18)13-10-6-5-9(15)8-11(10)17(16-13)12-4-2-3-7-20-12/h5-6,8,12H,2-4,7H2,1H3. The second-order valence-corrected chi connectivity index (χ2v) is 5.20. The molecule has 5 nitrogen and oxygen atoms in total. The lowest BCUT2D eigenvalue weighted by atomic mass is 10.1.